The minimum absolute atomic E-state index is 0.129. The smallest absolute Gasteiger partial charge is 0.168 e. The van der Waals surface area contributed by atoms with Crippen molar-refractivity contribution in [3.8, 4) is 17.2 Å². The number of carbonyl (C=O) groups is 1. The van der Waals surface area contributed by atoms with Gasteiger partial charge in [-0.15, -0.1) is 5.10 Å². The molecule has 6 heteroatoms. The molecular formula is C22H23N3O3. The lowest BCUT2D eigenvalue weighted by Crippen LogP contribution is -2.19. The van der Waals surface area contributed by atoms with Crippen LogP contribution in [-0.2, 0) is 6.42 Å². The molecule has 6 nitrogen and oxygen atoms in total. The lowest BCUT2D eigenvalue weighted by molar-refractivity contribution is 0.0953. The number of ketones is 1. The van der Waals surface area contributed by atoms with Gasteiger partial charge in [-0.1, -0.05) is 6.92 Å². The van der Waals surface area contributed by atoms with E-state index in [9.17, 15) is 4.79 Å². The second-order valence-corrected chi connectivity index (χ2v) is 7.07. The zero-order valence-electron chi connectivity index (χ0n) is 16.2. The molecule has 1 heterocycles. The van der Waals surface area contributed by atoms with Gasteiger partial charge in [-0.25, -0.2) is 4.68 Å². The Bertz CT molecular complexity index is 991. The first-order valence-corrected chi connectivity index (χ1v) is 9.29. The molecule has 1 N–H and O–H groups in total. The molecule has 1 unspecified atom stereocenters. The summed E-state index contributed by atoms with van der Waals surface area (Å²) in [6.07, 6.45) is 1.35. The summed E-state index contributed by atoms with van der Waals surface area (Å²) < 4.78 is 12.3. The minimum atomic E-state index is 0.129. The fraction of sp³-hybridized carbons (Fsp3) is 0.273. The maximum atomic E-state index is 12.8. The number of nitrogens with one attached hydrogen (secondary N) is 1. The quantitative estimate of drug-likeness (QED) is 0.714. The Balaban J connectivity index is 1.76. The Morgan fingerprint density at radius 3 is 2.18 bits per heavy atom. The first-order chi connectivity index (χ1) is 13.6. The number of ether oxygens (including phenoxy) is 2. The van der Waals surface area contributed by atoms with Gasteiger partial charge in [0.05, 0.1) is 31.2 Å². The van der Waals surface area contributed by atoms with Crippen LogP contribution >= 0.6 is 0 Å². The number of hydrogen-bond donors (Lipinski definition) is 1. The van der Waals surface area contributed by atoms with Gasteiger partial charge in [-0.2, -0.15) is 0 Å². The van der Waals surface area contributed by atoms with Crippen molar-refractivity contribution in [1.82, 2.24) is 9.78 Å². The van der Waals surface area contributed by atoms with Crippen molar-refractivity contribution >= 4 is 17.3 Å². The zero-order valence-corrected chi connectivity index (χ0v) is 16.2. The molecule has 0 fully saturated rings. The molecule has 2 aromatic carbocycles. The lowest BCUT2D eigenvalue weighted by Gasteiger charge is -2.19. The van der Waals surface area contributed by atoms with Crippen LogP contribution < -0.4 is 14.8 Å². The predicted molar refractivity (Wildman–Crippen MR) is 108 cm³/mol. The Hall–Kier alpha value is -3.28. The standard InChI is InChI=1S/C22H23N3O3/c1-14-12-19-21(20(26)13-14)22(23-15-4-8-17(27-2)9-5-15)24-25(19)16-6-10-18(28-3)11-7-16/h4-11,14H,12-13H2,1-3H3,(H,23,24). The molecule has 0 saturated carbocycles. The number of methoxy groups -OCH3 is 2. The van der Waals surface area contributed by atoms with Crippen molar-refractivity contribution < 1.29 is 14.3 Å². The van der Waals surface area contributed by atoms with E-state index in [2.05, 4.69) is 12.2 Å². The maximum Gasteiger partial charge on any atom is 0.168 e. The third kappa shape index (κ3) is 3.33. The van der Waals surface area contributed by atoms with Crippen molar-refractivity contribution in [1.29, 1.82) is 0 Å². The van der Waals surface area contributed by atoms with E-state index in [1.54, 1.807) is 14.2 Å². The average Bonchev–Trinajstić information content (AvgIpc) is 3.07. The molecule has 0 saturated heterocycles. The van der Waals surface area contributed by atoms with Crippen LogP contribution in [0.2, 0.25) is 0 Å². The van der Waals surface area contributed by atoms with Crippen molar-refractivity contribution in [2.24, 2.45) is 5.92 Å². The van der Waals surface area contributed by atoms with Crippen molar-refractivity contribution in [3.05, 3.63) is 59.8 Å². The van der Waals surface area contributed by atoms with Gasteiger partial charge in [0, 0.05) is 12.1 Å². The number of Topliss-reactive ketones (excluding diaryl/α,β-unsaturated/α-hetero) is 1. The van der Waals surface area contributed by atoms with E-state index >= 15 is 0 Å². The summed E-state index contributed by atoms with van der Waals surface area (Å²) in [6, 6.07) is 15.3. The lowest BCUT2D eigenvalue weighted by atomic mass is 9.87. The molecule has 144 valence electrons. The van der Waals surface area contributed by atoms with Crippen LogP contribution in [0, 0.1) is 5.92 Å². The molecule has 0 radical (unpaired) electrons. The summed E-state index contributed by atoms with van der Waals surface area (Å²) in [7, 11) is 3.27. The normalized spacial score (nSPS) is 15.8. The van der Waals surface area contributed by atoms with Gasteiger partial charge < -0.3 is 14.8 Å². The number of carbonyl (C=O) groups excluding carboxylic acids is 1. The van der Waals surface area contributed by atoms with Crippen LogP contribution in [0.5, 0.6) is 11.5 Å². The fourth-order valence-electron chi connectivity index (χ4n) is 3.59. The predicted octanol–water partition coefficient (Wildman–Crippen LogP) is 4.40. The van der Waals surface area contributed by atoms with Crippen LogP contribution in [0.15, 0.2) is 48.5 Å². The fourth-order valence-corrected chi connectivity index (χ4v) is 3.59. The first kappa shape index (κ1) is 18.1. The number of hydrogen-bond acceptors (Lipinski definition) is 5. The summed E-state index contributed by atoms with van der Waals surface area (Å²) in [5.41, 5.74) is 3.39. The molecule has 1 aliphatic rings. The monoisotopic (exact) mass is 377 g/mol. The number of rotatable bonds is 5. The molecule has 3 aromatic rings. The maximum absolute atomic E-state index is 12.8. The molecule has 28 heavy (non-hydrogen) atoms. The molecule has 1 aromatic heterocycles. The van der Waals surface area contributed by atoms with Gasteiger partial charge in [0.1, 0.15) is 11.5 Å². The van der Waals surface area contributed by atoms with Gasteiger partial charge in [0.25, 0.3) is 0 Å². The molecule has 0 amide bonds. The highest BCUT2D eigenvalue weighted by atomic mass is 16.5. The topological polar surface area (TPSA) is 65.4 Å². The van der Waals surface area contributed by atoms with E-state index in [0.29, 0.717) is 23.7 Å². The number of fused-ring (bicyclic) bond motifs is 1. The Morgan fingerprint density at radius 2 is 1.57 bits per heavy atom. The van der Waals surface area contributed by atoms with Gasteiger partial charge in [-0.05, 0) is 60.9 Å². The highest BCUT2D eigenvalue weighted by molar-refractivity contribution is 6.03. The summed E-state index contributed by atoms with van der Waals surface area (Å²) >= 11 is 0. The first-order valence-electron chi connectivity index (χ1n) is 9.29. The largest absolute Gasteiger partial charge is 0.497 e. The molecule has 1 atom stereocenters. The second-order valence-electron chi connectivity index (χ2n) is 7.07. The summed E-state index contributed by atoms with van der Waals surface area (Å²) in [6.45, 7) is 2.10. The average molecular weight is 377 g/mol. The van der Waals surface area contributed by atoms with Crippen LogP contribution in [0.1, 0.15) is 29.4 Å². The number of benzene rings is 2. The number of anilines is 2. The third-order valence-electron chi connectivity index (χ3n) is 5.01. The molecule has 0 aliphatic heterocycles. The highest BCUT2D eigenvalue weighted by Gasteiger charge is 2.31. The van der Waals surface area contributed by atoms with Crippen molar-refractivity contribution in [2.75, 3.05) is 19.5 Å². The van der Waals surface area contributed by atoms with E-state index in [0.717, 1.165) is 35.0 Å². The van der Waals surface area contributed by atoms with Crippen LogP contribution in [0.25, 0.3) is 5.69 Å². The van der Waals surface area contributed by atoms with Crippen LogP contribution in [0.3, 0.4) is 0 Å². The highest BCUT2D eigenvalue weighted by Crippen LogP contribution is 2.34. The van der Waals surface area contributed by atoms with Crippen LogP contribution in [-0.4, -0.2) is 29.8 Å². The summed E-state index contributed by atoms with van der Waals surface area (Å²) in [5, 5.41) is 8.06. The molecule has 1 aliphatic carbocycles. The van der Waals surface area contributed by atoms with E-state index in [-0.39, 0.29) is 5.78 Å². The zero-order chi connectivity index (χ0) is 19.7. The number of nitrogens with zero attached hydrogens (tertiary/aromatic N) is 2. The SMILES string of the molecule is COc1ccc(Nc2nn(-c3ccc(OC)cc3)c3c2C(=O)CC(C)C3)cc1. The van der Waals surface area contributed by atoms with Crippen molar-refractivity contribution in [3.63, 3.8) is 0 Å². The van der Waals surface area contributed by atoms with E-state index in [1.165, 1.54) is 0 Å². The Morgan fingerprint density at radius 1 is 0.964 bits per heavy atom. The third-order valence-corrected chi connectivity index (χ3v) is 5.01. The number of aromatic nitrogens is 2. The van der Waals surface area contributed by atoms with E-state index < -0.39 is 0 Å². The van der Waals surface area contributed by atoms with Gasteiger partial charge in [0.2, 0.25) is 0 Å². The molecular weight excluding hydrogens is 354 g/mol. The molecule has 0 spiro atoms. The second kappa shape index (κ2) is 7.38. The van der Waals surface area contributed by atoms with Crippen LogP contribution in [0.4, 0.5) is 11.5 Å². The minimum Gasteiger partial charge on any atom is -0.497 e. The van der Waals surface area contributed by atoms with Gasteiger partial charge in [-0.3, -0.25) is 4.79 Å². The van der Waals surface area contributed by atoms with Crippen molar-refractivity contribution in [2.45, 2.75) is 19.8 Å². The summed E-state index contributed by atoms with van der Waals surface area (Å²) in [4.78, 5) is 12.8. The van der Waals surface area contributed by atoms with E-state index in [4.69, 9.17) is 14.6 Å². The van der Waals surface area contributed by atoms with Gasteiger partial charge in [0.15, 0.2) is 11.6 Å². The molecule has 0 bridgehead atoms. The molecule has 4 rings (SSSR count). The Labute approximate surface area is 164 Å². The summed E-state index contributed by atoms with van der Waals surface area (Å²) in [5.74, 6) is 2.58. The van der Waals surface area contributed by atoms with Gasteiger partial charge >= 0.3 is 0 Å². The van der Waals surface area contributed by atoms with E-state index in [1.807, 2.05) is 53.2 Å². The Kier molecular flexibility index (Phi) is 4.77.